The number of primary amides is 1. The molecular weight excluding hydrogens is 943 g/mol. The lowest BCUT2D eigenvalue weighted by Crippen LogP contribution is -2.51. The second kappa shape index (κ2) is 28.1. The zero-order valence-electron chi connectivity index (χ0n) is 45.3. The lowest BCUT2D eigenvalue weighted by atomic mass is 9.47. The number of benzene rings is 1. The fourth-order valence-electron chi connectivity index (χ4n) is 13.6. The summed E-state index contributed by atoms with van der Waals surface area (Å²) in [7, 11) is 0. The number of rotatable bonds is 30. The number of carbonyl (C=O) groups excluding carboxylic acids is 7. The van der Waals surface area contributed by atoms with E-state index >= 15 is 0 Å². The van der Waals surface area contributed by atoms with Crippen LogP contribution in [0.2, 0.25) is 0 Å². The Balaban J connectivity index is 1.18. The van der Waals surface area contributed by atoms with Crippen molar-refractivity contribution in [3.63, 3.8) is 0 Å². The van der Waals surface area contributed by atoms with E-state index < -0.39 is 53.6 Å². The van der Waals surface area contributed by atoms with Crippen molar-refractivity contribution in [2.75, 3.05) is 18.6 Å². The quantitative estimate of drug-likeness (QED) is 0.0314. The van der Waals surface area contributed by atoms with Crippen LogP contribution in [0, 0.1) is 52.3 Å². The molecule has 12 atom stereocenters. The Kier molecular flexibility index (Phi) is 22.9. The highest BCUT2D eigenvalue weighted by atomic mass is 32.2. The van der Waals surface area contributed by atoms with Gasteiger partial charge in [0.25, 0.3) is 0 Å². The molecule has 0 aromatic heterocycles. The van der Waals surface area contributed by atoms with Crippen molar-refractivity contribution in [1.29, 1.82) is 0 Å². The molecule has 15 heteroatoms. The molecule has 1 aromatic carbocycles. The highest BCUT2D eigenvalue weighted by Gasteiger charge is 2.59. The van der Waals surface area contributed by atoms with E-state index in [1.54, 1.807) is 12.1 Å². The molecule has 0 radical (unpaired) electrons. The fraction of sp³-hybridized carbons (Fsp3) is 0.741. The summed E-state index contributed by atoms with van der Waals surface area (Å²) in [5, 5.41) is 18.3. The Hall–Kier alpha value is -4.24. The molecule has 3 fully saturated rings. The number of unbranched alkanes of at least 4 members (excludes halogenated alkanes) is 1. The molecule has 4 amide bonds. The van der Waals surface area contributed by atoms with Gasteiger partial charge in [-0.15, -0.1) is 0 Å². The average molecular weight is 1030 g/mol. The van der Waals surface area contributed by atoms with Gasteiger partial charge in [-0.1, -0.05) is 77.7 Å². The molecule has 1 aromatic rings. The molecule has 73 heavy (non-hydrogen) atoms. The van der Waals surface area contributed by atoms with Crippen molar-refractivity contribution in [1.82, 2.24) is 16.0 Å². The van der Waals surface area contributed by atoms with E-state index in [4.69, 9.17) is 16.2 Å². The summed E-state index contributed by atoms with van der Waals surface area (Å²) in [6, 6.07) is 3.32. The smallest absolute Gasteiger partial charge is 0.408 e. The second-order valence-electron chi connectivity index (χ2n) is 23.3. The number of hydrogen-bond acceptors (Lipinski definition) is 11. The molecule has 8 N–H and O–H groups in total. The molecule has 0 aliphatic heterocycles. The highest BCUT2D eigenvalue weighted by molar-refractivity contribution is 7.98. The van der Waals surface area contributed by atoms with E-state index in [1.807, 2.05) is 6.26 Å². The molecule has 0 saturated heterocycles. The maximum atomic E-state index is 14.1. The van der Waals surface area contributed by atoms with Gasteiger partial charge in [0.1, 0.15) is 11.9 Å². The van der Waals surface area contributed by atoms with Crippen molar-refractivity contribution in [2.45, 2.75) is 201 Å². The summed E-state index contributed by atoms with van der Waals surface area (Å²) in [6.07, 6.45) is 17.2. The van der Waals surface area contributed by atoms with Crippen LogP contribution in [0.25, 0.3) is 0 Å². The van der Waals surface area contributed by atoms with Crippen molar-refractivity contribution in [2.24, 2.45) is 63.7 Å². The van der Waals surface area contributed by atoms with Gasteiger partial charge in [-0.3, -0.25) is 28.8 Å². The van der Waals surface area contributed by atoms with Crippen LogP contribution in [0.4, 0.5) is 4.79 Å². The number of amides is 4. The van der Waals surface area contributed by atoms with Gasteiger partial charge in [-0.05, 0) is 173 Å². The number of alkyl carbamates (subject to hydrolysis) is 1. The van der Waals surface area contributed by atoms with Gasteiger partial charge in [-0.25, -0.2) is 4.79 Å². The van der Waals surface area contributed by atoms with Gasteiger partial charge in [0.15, 0.2) is 17.3 Å². The zero-order valence-corrected chi connectivity index (χ0v) is 46.1. The molecule has 5 rings (SSSR count). The van der Waals surface area contributed by atoms with E-state index in [1.165, 1.54) is 81.3 Å². The van der Waals surface area contributed by atoms with E-state index in [0.29, 0.717) is 67.2 Å². The number of ether oxygens (including phenoxy) is 1. The van der Waals surface area contributed by atoms with Gasteiger partial charge in [0.2, 0.25) is 17.7 Å². The first-order valence-corrected chi connectivity index (χ1v) is 29.2. The number of thioether (sulfide) groups is 1. The molecule has 1 unspecified atom stereocenters. The van der Waals surface area contributed by atoms with E-state index in [-0.39, 0.29) is 67.4 Å². The number of carbonyl (C=O) groups is 7. The fourth-order valence-corrected chi connectivity index (χ4v) is 14.1. The number of nitrogens with two attached hydrogens (primary N) is 2. The van der Waals surface area contributed by atoms with Gasteiger partial charge in [-0.2, -0.15) is 11.8 Å². The zero-order chi connectivity index (χ0) is 53.5. The van der Waals surface area contributed by atoms with Crippen LogP contribution in [0.1, 0.15) is 176 Å². The van der Waals surface area contributed by atoms with E-state index in [0.717, 1.165) is 42.9 Å². The van der Waals surface area contributed by atoms with Crippen LogP contribution in [-0.4, -0.2) is 89.1 Å². The van der Waals surface area contributed by atoms with Gasteiger partial charge in [0.05, 0.1) is 18.1 Å². The first-order chi connectivity index (χ1) is 34.7. The monoisotopic (exact) mass is 1030 g/mol. The van der Waals surface area contributed by atoms with Crippen molar-refractivity contribution in [3.8, 4) is 5.75 Å². The number of ketones is 3. The Morgan fingerprint density at radius 3 is 2.21 bits per heavy atom. The summed E-state index contributed by atoms with van der Waals surface area (Å²) in [5.41, 5.74) is 13.6. The average Bonchev–Trinajstić information content (AvgIpc) is 3.70. The lowest BCUT2D eigenvalue weighted by Gasteiger charge is -2.58. The number of nitrogens with one attached hydrogen (secondary N) is 3. The number of phenolic OH excluding ortho intramolecular Hbond substituents is 1. The summed E-state index contributed by atoms with van der Waals surface area (Å²) in [6.45, 7) is 14.1. The van der Waals surface area contributed by atoms with Crippen molar-refractivity contribution in [3.05, 3.63) is 41.5 Å². The summed E-state index contributed by atoms with van der Waals surface area (Å²) in [4.78, 5) is 93.0. The van der Waals surface area contributed by atoms with E-state index in [2.05, 4.69) is 56.6 Å². The third-order valence-corrected chi connectivity index (χ3v) is 18.5. The second-order valence-corrected chi connectivity index (χ2v) is 24.3. The van der Waals surface area contributed by atoms with Gasteiger partial charge >= 0.3 is 6.09 Å². The van der Waals surface area contributed by atoms with Crippen LogP contribution in [0.3, 0.4) is 0 Å². The Bertz CT molecular complexity index is 2080. The molecule has 4 aliphatic rings. The molecule has 0 heterocycles. The SMILES string of the molecule is CSCC[C@H](NC(=O)O[C@H]1CC[C@@]2(C)C(=CC[C@H]3C4CC[C@H]([C@H](C)CCCC(C)C)[C@@]4(C)CC[C@@H]32)C1)C(=O)CCC(=O)N[C@@H](Cc1ccc(O)cc1)C(=O)C[C@@H](CCC(N)=O)C(=O)N[C@@H](CCCCN)C(C)=O. The molecule has 0 spiro atoms. The summed E-state index contributed by atoms with van der Waals surface area (Å²) >= 11 is 1.54. The number of phenols is 1. The first-order valence-electron chi connectivity index (χ1n) is 27.8. The Labute approximate surface area is 440 Å². The third kappa shape index (κ3) is 16.6. The minimum Gasteiger partial charge on any atom is -0.508 e. The lowest BCUT2D eigenvalue weighted by molar-refractivity contribution is -0.134. The largest absolute Gasteiger partial charge is 0.508 e. The minimum absolute atomic E-state index is 0.0127. The topological polar surface area (TPSA) is 237 Å². The molecule has 0 bridgehead atoms. The van der Waals surface area contributed by atoms with Crippen LogP contribution in [0.5, 0.6) is 5.75 Å². The Morgan fingerprint density at radius 1 is 0.795 bits per heavy atom. The van der Waals surface area contributed by atoms with Crippen LogP contribution in [-0.2, 0) is 39.9 Å². The van der Waals surface area contributed by atoms with Crippen molar-refractivity contribution >= 4 is 52.9 Å². The molecule has 14 nitrogen and oxygen atoms in total. The van der Waals surface area contributed by atoms with Crippen LogP contribution in [0.15, 0.2) is 35.9 Å². The predicted molar refractivity (Wildman–Crippen MR) is 288 cm³/mol. The van der Waals surface area contributed by atoms with E-state index in [9.17, 15) is 38.7 Å². The maximum Gasteiger partial charge on any atom is 0.408 e. The Morgan fingerprint density at radius 2 is 1.53 bits per heavy atom. The van der Waals surface area contributed by atoms with Crippen LogP contribution >= 0.6 is 11.8 Å². The third-order valence-electron chi connectivity index (χ3n) is 17.8. The number of aromatic hydroxyl groups is 1. The standard InChI is InChI=1S/C58H91N5O9S/c1-36(2)11-10-12-37(3)45-21-22-46-44-20-17-41-35-43(26-29-57(41,5)47(44)27-30-58(45,46)6)72-56(71)63-49(28-32-73-7)51(66)23-25-54(69)61-50(33-39-14-18-42(65)19-15-39)52(67)34-40(16-24-53(60)68)55(70)62-48(38(4)64)13-8-9-31-59/h14-15,17-19,36-37,40,43-50,65H,8-13,16,20-35,59H2,1-7H3,(H2,60,68)(H,61,69)(H,62,70)(H,63,71)/t37-,40-,43+,44+,45-,46?,47+,48+,49+,50+,57+,58-/m1/s1. The number of allylic oxidation sites excluding steroid dienone is 1. The molecule has 4 aliphatic carbocycles. The predicted octanol–water partition coefficient (Wildman–Crippen LogP) is 9.07. The molecule has 408 valence electrons. The highest BCUT2D eigenvalue weighted by Crippen LogP contribution is 2.67. The maximum absolute atomic E-state index is 14.1. The van der Waals surface area contributed by atoms with Crippen LogP contribution < -0.4 is 27.4 Å². The number of Topliss-reactive ketones (excluding diaryl/α,β-unsaturated/α-hetero) is 3. The summed E-state index contributed by atoms with van der Waals surface area (Å²) in [5.74, 6) is 1.09. The minimum atomic E-state index is -1.14. The van der Waals surface area contributed by atoms with Gasteiger partial charge < -0.3 is 37.3 Å². The summed E-state index contributed by atoms with van der Waals surface area (Å²) < 4.78 is 6.10. The number of hydrogen-bond donors (Lipinski definition) is 6. The number of fused-ring (bicyclic) bond motifs is 5. The van der Waals surface area contributed by atoms with Gasteiger partial charge in [0, 0.05) is 38.0 Å². The normalized spacial score (nSPS) is 26.4. The van der Waals surface area contributed by atoms with Crippen molar-refractivity contribution < 1.29 is 43.4 Å². The molecule has 3 saturated carbocycles. The first kappa shape index (κ1) is 59.6. The molecular formula is C58H91N5O9S.